The van der Waals surface area contributed by atoms with Crippen LogP contribution in [0, 0.1) is 0 Å². The summed E-state index contributed by atoms with van der Waals surface area (Å²) in [7, 11) is 0. The SMILES string of the molecule is O=C(CCCCCCCO)Nc1ccc(Oc2ccccc2)cc1. The Morgan fingerprint density at radius 1 is 0.833 bits per heavy atom. The largest absolute Gasteiger partial charge is 0.457 e. The fourth-order valence-corrected chi connectivity index (χ4v) is 2.38. The molecule has 0 bridgehead atoms. The van der Waals surface area contributed by atoms with Crippen molar-refractivity contribution in [1.82, 2.24) is 0 Å². The summed E-state index contributed by atoms with van der Waals surface area (Å²) in [6, 6.07) is 17.0. The van der Waals surface area contributed by atoms with Crippen molar-refractivity contribution in [2.45, 2.75) is 38.5 Å². The summed E-state index contributed by atoms with van der Waals surface area (Å²) in [5, 5.41) is 11.6. The Kier molecular flexibility index (Phi) is 7.84. The van der Waals surface area contributed by atoms with Crippen LogP contribution < -0.4 is 10.1 Å². The van der Waals surface area contributed by atoms with Crippen LogP contribution in [0.25, 0.3) is 0 Å². The molecule has 0 atom stereocenters. The van der Waals surface area contributed by atoms with Crippen LogP contribution in [-0.4, -0.2) is 17.6 Å². The first kappa shape index (κ1) is 18.0. The summed E-state index contributed by atoms with van der Waals surface area (Å²) in [6.07, 6.45) is 5.38. The highest BCUT2D eigenvalue weighted by molar-refractivity contribution is 5.90. The fraction of sp³-hybridized carbons (Fsp3) is 0.350. The fourth-order valence-electron chi connectivity index (χ4n) is 2.38. The molecular formula is C20H25NO3. The minimum Gasteiger partial charge on any atom is -0.457 e. The Balaban J connectivity index is 1.70. The molecule has 2 rings (SSSR count). The second-order valence-corrected chi connectivity index (χ2v) is 5.73. The molecular weight excluding hydrogens is 302 g/mol. The molecule has 4 heteroatoms. The Morgan fingerprint density at radius 2 is 1.46 bits per heavy atom. The lowest BCUT2D eigenvalue weighted by Crippen LogP contribution is -2.10. The molecule has 0 radical (unpaired) electrons. The maximum Gasteiger partial charge on any atom is 0.224 e. The van der Waals surface area contributed by atoms with Crippen LogP contribution >= 0.6 is 0 Å². The zero-order valence-corrected chi connectivity index (χ0v) is 13.9. The smallest absolute Gasteiger partial charge is 0.224 e. The van der Waals surface area contributed by atoms with Gasteiger partial charge in [0, 0.05) is 18.7 Å². The summed E-state index contributed by atoms with van der Waals surface area (Å²) < 4.78 is 5.72. The maximum absolute atomic E-state index is 11.9. The summed E-state index contributed by atoms with van der Waals surface area (Å²) in [4.78, 5) is 11.9. The molecule has 0 aliphatic heterocycles. The van der Waals surface area contributed by atoms with Gasteiger partial charge in [0.1, 0.15) is 11.5 Å². The monoisotopic (exact) mass is 327 g/mol. The Labute approximate surface area is 143 Å². The van der Waals surface area contributed by atoms with Crippen molar-refractivity contribution in [2.75, 3.05) is 11.9 Å². The second kappa shape index (κ2) is 10.4. The summed E-state index contributed by atoms with van der Waals surface area (Å²) >= 11 is 0. The zero-order valence-electron chi connectivity index (χ0n) is 13.9. The second-order valence-electron chi connectivity index (χ2n) is 5.73. The van der Waals surface area contributed by atoms with Gasteiger partial charge in [-0.15, -0.1) is 0 Å². The summed E-state index contributed by atoms with van der Waals surface area (Å²) in [6.45, 7) is 0.254. The zero-order chi connectivity index (χ0) is 17.0. The molecule has 0 spiro atoms. The highest BCUT2D eigenvalue weighted by Crippen LogP contribution is 2.22. The van der Waals surface area contributed by atoms with Gasteiger partial charge in [0.05, 0.1) is 0 Å². The van der Waals surface area contributed by atoms with E-state index >= 15 is 0 Å². The molecule has 1 amide bonds. The molecule has 2 aromatic carbocycles. The minimum atomic E-state index is 0.0360. The molecule has 2 aromatic rings. The lowest BCUT2D eigenvalue weighted by Gasteiger charge is -2.08. The van der Waals surface area contributed by atoms with E-state index in [0.717, 1.165) is 49.3 Å². The molecule has 0 aliphatic carbocycles. The first-order valence-corrected chi connectivity index (χ1v) is 8.51. The Morgan fingerprint density at radius 3 is 2.17 bits per heavy atom. The van der Waals surface area contributed by atoms with E-state index in [0.29, 0.717) is 6.42 Å². The van der Waals surface area contributed by atoms with Gasteiger partial charge in [-0.3, -0.25) is 4.79 Å². The number of hydrogen-bond donors (Lipinski definition) is 2. The number of carbonyl (C=O) groups is 1. The normalized spacial score (nSPS) is 10.4. The highest BCUT2D eigenvalue weighted by Gasteiger charge is 2.03. The molecule has 128 valence electrons. The van der Waals surface area contributed by atoms with E-state index in [1.807, 2.05) is 54.6 Å². The van der Waals surface area contributed by atoms with E-state index < -0.39 is 0 Å². The van der Waals surface area contributed by atoms with Crippen LogP contribution in [0.15, 0.2) is 54.6 Å². The van der Waals surface area contributed by atoms with Crippen molar-refractivity contribution in [3.8, 4) is 11.5 Å². The van der Waals surface area contributed by atoms with Gasteiger partial charge in [-0.2, -0.15) is 0 Å². The van der Waals surface area contributed by atoms with E-state index in [4.69, 9.17) is 9.84 Å². The third-order valence-corrected chi connectivity index (χ3v) is 3.68. The van der Waals surface area contributed by atoms with Gasteiger partial charge >= 0.3 is 0 Å². The molecule has 0 aromatic heterocycles. The summed E-state index contributed by atoms with van der Waals surface area (Å²) in [5.74, 6) is 1.56. The standard InChI is InChI=1S/C20H25NO3/c22-16-8-3-1-2-7-11-20(23)21-17-12-14-19(15-13-17)24-18-9-5-4-6-10-18/h4-6,9-10,12-15,22H,1-3,7-8,11,16H2,(H,21,23). The molecule has 0 saturated heterocycles. The lowest BCUT2D eigenvalue weighted by atomic mass is 10.1. The van der Waals surface area contributed by atoms with Crippen molar-refractivity contribution in [3.63, 3.8) is 0 Å². The molecule has 4 nitrogen and oxygen atoms in total. The van der Waals surface area contributed by atoms with Crippen molar-refractivity contribution < 1.29 is 14.6 Å². The number of benzene rings is 2. The molecule has 0 fully saturated rings. The van der Waals surface area contributed by atoms with Gasteiger partial charge in [-0.05, 0) is 49.2 Å². The van der Waals surface area contributed by atoms with Gasteiger partial charge in [-0.25, -0.2) is 0 Å². The molecule has 2 N–H and O–H groups in total. The van der Waals surface area contributed by atoms with Crippen LogP contribution in [-0.2, 0) is 4.79 Å². The molecule has 0 heterocycles. The highest BCUT2D eigenvalue weighted by atomic mass is 16.5. The first-order valence-electron chi connectivity index (χ1n) is 8.51. The maximum atomic E-state index is 11.9. The predicted molar refractivity (Wildman–Crippen MR) is 96.4 cm³/mol. The number of para-hydroxylation sites is 1. The van der Waals surface area contributed by atoms with Crippen molar-refractivity contribution >= 4 is 11.6 Å². The van der Waals surface area contributed by atoms with Crippen LogP contribution in [0.1, 0.15) is 38.5 Å². The van der Waals surface area contributed by atoms with Crippen LogP contribution in [0.4, 0.5) is 5.69 Å². The third-order valence-electron chi connectivity index (χ3n) is 3.68. The number of aliphatic hydroxyl groups is 1. The van der Waals surface area contributed by atoms with Crippen molar-refractivity contribution in [3.05, 3.63) is 54.6 Å². The minimum absolute atomic E-state index is 0.0360. The third kappa shape index (κ3) is 6.84. The number of anilines is 1. The molecule has 0 aliphatic rings. The number of carbonyl (C=O) groups excluding carboxylic acids is 1. The summed E-state index contributed by atoms with van der Waals surface area (Å²) in [5.41, 5.74) is 0.778. The number of nitrogens with one attached hydrogen (secondary N) is 1. The number of hydrogen-bond acceptors (Lipinski definition) is 3. The number of amides is 1. The van der Waals surface area contributed by atoms with E-state index in [-0.39, 0.29) is 12.5 Å². The molecule has 24 heavy (non-hydrogen) atoms. The van der Waals surface area contributed by atoms with Gasteiger partial charge in [0.15, 0.2) is 0 Å². The van der Waals surface area contributed by atoms with E-state index in [1.165, 1.54) is 0 Å². The molecule has 0 unspecified atom stereocenters. The Hall–Kier alpha value is -2.33. The van der Waals surface area contributed by atoms with Gasteiger partial charge in [0.2, 0.25) is 5.91 Å². The predicted octanol–water partition coefficient (Wildman–Crippen LogP) is 4.75. The average Bonchev–Trinajstić information content (AvgIpc) is 2.61. The lowest BCUT2D eigenvalue weighted by molar-refractivity contribution is -0.116. The van der Waals surface area contributed by atoms with Gasteiger partial charge in [0.25, 0.3) is 0 Å². The average molecular weight is 327 g/mol. The van der Waals surface area contributed by atoms with Crippen molar-refractivity contribution in [1.29, 1.82) is 0 Å². The van der Waals surface area contributed by atoms with Crippen LogP contribution in [0.3, 0.4) is 0 Å². The van der Waals surface area contributed by atoms with E-state index in [2.05, 4.69) is 5.32 Å². The molecule has 0 saturated carbocycles. The number of unbranched alkanes of at least 4 members (excludes halogenated alkanes) is 4. The van der Waals surface area contributed by atoms with E-state index in [1.54, 1.807) is 0 Å². The van der Waals surface area contributed by atoms with Crippen molar-refractivity contribution in [2.24, 2.45) is 0 Å². The quantitative estimate of drug-likeness (QED) is 0.619. The Bertz CT molecular complexity index is 596. The van der Waals surface area contributed by atoms with Crippen LogP contribution in [0.2, 0.25) is 0 Å². The van der Waals surface area contributed by atoms with E-state index in [9.17, 15) is 4.79 Å². The van der Waals surface area contributed by atoms with Gasteiger partial charge < -0.3 is 15.2 Å². The first-order chi connectivity index (χ1) is 11.8. The topological polar surface area (TPSA) is 58.6 Å². The van der Waals surface area contributed by atoms with Gasteiger partial charge in [-0.1, -0.05) is 37.5 Å². The number of ether oxygens (including phenoxy) is 1. The van der Waals surface area contributed by atoms with Crippen LogP contribution in [0.5, 0.6) is 11.5 Å². The number of aliphatic hydroxyl groups excluding tert-OH is 1. The number of rotatable bonds is 10.